The predicted molar refractivity (Wildman–Crippen MR) is 141 cm³/mol. The van der Waals surface area contributed by atoms with Gasteiger partial charge in [0.05, 0.1) is 29.0 Å². The fraction of sp³-hybridized carbons (Fsp3) is 0.320. The van der Waals surface area contributed by atoms with Gasteiger partial charge < -0.3 is 9.64 Å². The number of amides is 1. The fourth-order valence-corrected chi connectivity index (χ4v) is 6.44. The molecule has 0 spiro atoms. The first-order valence-electron chi connectivity index (χ1n) is 11.7. The van der Waals surface area contributed by atoms with Crippen LogP contribution in [0.3, 0.4) is 0 Å². The van der Waals surface area contributed by atoms with Gasteiger partial charge in [-0.1, -0.05) is 29.8 Å². The van der Waals surface area contributed by atoms with Crippen LogP contribution in [0.5, 0.6) is 0 Å². The second kappa shape index (κ2) is 12.3. The lowest BCUT2D eigenvalue weighted by molar-refractivity contribution is -0.384. The molecule has 1 unspecified atom stereocenters. The molecule has 1 aliphatic rings. The summed E-state index contributed by atoms with van der Waals surface area (Å²) in [5.74, 6) is -0.886. The van der Waals surface area contributed by atoms with E-state index in [9.17, 15) is 27.7 Å². The molecule has 0 radical (unpaired) electrons. The molecule has 1 atom stereocenters. The van der Waals surface area contributed by atoms with Crippen molar-refractivity contribution in [3.8, 4) is 0 Å². The lowest BCUT2D eigenvalue weighted by Crippen LogP contribution is -2.45. The number of ether oxygens (including phenoxy) is 1. The lowest BCUT2D eigenvalue weighted by atomic mass is 10.2. The number of nitro groups is 1. The molecule has 1 aromatic heterocycles. The Hall–Kier alpha value is -2.90. The summed E-state index contributed by atoms with van der Waals surface area (Å²) in [5, 5.41) is 13.0. The number of sulfonamides is 1. The molecule has 0 N–H and O–H groups in total. The van der Waals surface area contributed by atoms with Crippen LogP contribution >= 0.6 is 22.9 Å². The Morgan fingerprint density at radius 1 is 1.18 bits per heavy atom. The van der Waals surface area contributed by atoms with Crippen LogP contribution in [0.1, 0.15) is 23.3 Å². The van der Waals surface area contributed by atoms with Crippen molar-refractivity contribution < 1.29 is 27.3 Å². The Labute approximate surface area is 228 Å². The summed E-state index contributed by atoms with van der Waals surface area (Å²) in [6.45, 7) is 0.248. The molecular weight excluding hydrogens is 557 g/mol. The van der Waals surface area contributed by atoms with Gasteiger partial charge >= 0.3 is 0 Å². The first kappa shape index (κ1) is 28.1. The van der Waals surface area contributed by atoms with Crippen LogP contribution in [-0.4, -0.2) is 54.3 Å². The molecule has 202 valence electrons. The standard InChI is InChI=1S/C25H25ClFN3O6S2/c26-23-10-9-22(13-24(23)30(32)33)38(34,35)29(15-20-3-1-11-36-20)17-25(31)28(16-21-4-2-12-37-21)14-18-5-7-19(27)8-6-18/h2,4-10,12-13,20H,1,3,11,14-17H2. The number of nitro benzene ring substituents is 1. The number of carbonyl (C=O) groups excluding carboxylic acids is 1. The molecule has 1 aliphatic heterocycles. The average molecular weight is 582 g/mol. The minimum atomic E-state index is -4.33. The zero-order chi connectivity index (χ0) is 27.3. The van der Waals surface area contributed by atoms with Gasteiger partial charge in [0.25, 0.3) is 5.69 Å². The Morgan fingerprint density at radius 2 is 1.95 bits per heavy atom. The summed E-state index contributed by atoms with van der Waals surface area (Å²) in [6, 6.07) is 12.7. The quantitative estimate of drug-likeness (QED) is 0.236. The predicted octanol–water partition coefficient (Wildman–Crippen LogP) is 4.85. The van der Waals surface area contributed by atoms with Crippen molar-refractivity contribution in [1.82, 2.24) is 9.21 Å². The maximum atomic E-state index is 13.7. The van der Waals surface area contributed by atoms with E-state index in [-0.39, 0.29) is 29.6 Å². The molecule has 3 aromatic rings. The lowest BCUT2D eigenvalue weighted by Gasteiger charge is -2.28. The van der Waals surface area contributed by atoms with E-state index in [4.69, 9.17) is 16.3 Å². The van der Waals surface area contributed by atoms with Gasteiger partial charge in [-0.05, 0) is 54.1 Å². The number of hydrogen-bond acceptors (Lipinski definition) is 7. The van der Waals surface area contributed by atoms with Gasteiger partial charge in [0.2, 0.25) is 15.9 Å². The molecule has 2 aromatic carbocycles. The highest BCUT2D eigenvalue weighted by molar-refractivity contribution is 7.89. The van der Waals surface area contributed by atoms with Crippen molar-refractivity contribution in [3.63, 3.8) is 0 Å². The first-order valence-corrected chi connectivity index (χ1v) is 14.4. The third-order valence-electron chi connectivity index (χ3n) is 6.06. The second-order valence-corrected chi connectivity index (χ2v) is 12.1. The molecule has 0 aliphatic carbocycles. The zero-order valence-corrected chi connectivity index (χ0v) is 22.6. The molecule has 9 nitrogen and oxygen atoms in total. The topological polar surface area (TPSA) is 110 Å². The van der Waals surface area contributed by atoms with Crippen molar-refractivity contribution in [2.24, 2.45) is 0 Å². The third kappa shape index (κ3) is 6.94. The molecule has 38 heavy (non-hydrogen) atoms. The SMILES string of the molecule is O=C(CN(CC1CCCO1)S(=O)(=O)c1ccc(Cl)c([N+](=O)[O-])c1)N(Cc1ccc(F)cc1)Cc1cccs1. The van der Waals surface area contributed by atoms with Gasteiger partial charge in [-0.3, -0.25) is 14.9 Å². The molecule has 1 amide bonds. The molecule has 2 heterocycles. The van der Waals surface area contributed by atoms with Crippen LogP contribution in [0.25, 0.3) is 0 Å². The van der Waals surface area contributed by atoms with Crippen LogP contribution in [0.2, 0.25) is 5.02 Å². The van der Waals surface area contributed by atoms with Crippen molar-refractivity contribution in [3.05, 3.63) is 91.4 Å². The number of carbonyl (C=O) groups is 1. The molecular formula is C25H25ClFN3O6S2. The van der Waals surface area contributed by atoms with E-state index >= 15 is 0 Å². The monoisotopic (exact) mass is 581 g/mol. The number of nitrogens with zero attached hydrogens (tertiary/aromatic N) is 3. The Kier molecular flexibility index (Phi) is 9.11. The normalized spacial score (nSPS) is 15.6. The van der Waals surface area contributed by atoms with E-state index in [0.29, 0.717) is 18.6 Å². The highest BCUT2D eigenvalue weighted by Crippen LogP contribution is 2.29. The van der Waals surface area contributed by atoms with Crippen LogP contribution in [0.4, 0.5) is 10.1 Å². The summed E-state index contributed by atoms with van der Waals surface area (Å²) in [7, 11) is -4.33. The van der Waals surface area contributed by atoms with E-state index < -0.39 is 45.0 Å². The molecule has 1 saturated heterocycles. The van der Waals surface area contributed by atoms with Gasteiger partial charge in [0.1, 0.15) is 10.8 Å². The Morgan fingerprint density at radius 3 is 2.58 bits per heavy atom. The summed E-state index contributed by atoms with van der Waals surface area (Å²) < 4.78 is 47.4. The average Bonchev–Trinajstić information content (AvgIpc) is 3.59. The van der Waals surface area contributed by atoms with E-state index in [2.05, 4.69) is 0 Å². The van der Waals surface area contributed by atoms with Gasteiger partial charge in [-0.25, -0.2) is 12.8 Å². The summed E-state index contributed by atoms with van der Waals surface area (Å²) >= 11 is 7.34. The molecule has 13 heteroatoms. The highest BCUT2D eigenvalue weighted by atomic mass is 35.5. The van der Waals surface area contributed by atoms with Crippen molar-refractivity contribution in [2.75, 3.05) is 19.7 Å². The molecule has 0 bridgehead atoms. The molecule has 0 saturated carbocycles. The summed E-state index contributed by atoms with van der Waals surface area (Å²) in [4.78, 5) is 26.3. The van der Waals surface area contributed by atoms with Crippen LogP contribution in [0, 0.1) is 15.9 Å². The van der Waals surface area contributed by atoms with Crippen molar-refractivity contribution in [1.29, 1.82) is 0 Å². The van der Waals surface area contributed by atoms with Crippen LogP contribution < -0.4 is 0 Å². The van der Waals surface area contributed by atoms with E-state index in [1.807, 2.05) is 17.5 Å². The van der Waals surface area contributed by atoms with Crippen molar-refractivity contribution >= 4 is 44.6 Å². The maximum Gasteiger partial charge on any atom is 0.289 e. The first-order chi connectivity index (χ1) is 18.1. The minimum Gasteiger partial charge on any atom is -0.377 e. The highest BCUT2D eigenvalue weighted by Gasteiger charge is 2.33. The number of rotatable bonds is 11. The minimum absolute atomic E-state index is 0.0894. The zero-order valence-electron chi connectivity index (χ0n) is 20.2. The van der Waals surface area contributed by atoms with Gasteiger partial charge in [0.15, 0.2) is 0 Å². The van der Waals surface area contributed by atoms with E-state index in [0.717, 1.165) is 27.7 Å². The number of thiophene rings is 1. The number of hydrogen-bond donors (Lipinski definition) is 0. The molecule has 1 fully saturated rings. The van der Waals surface area contributed by atoms with E-state index in [1.165, 1.54) is 34.4 Å². The van der Waals surface area contributed by atoms with Crippen molar-refractivity contribution in [2.45, 2.75) is 36.9 Å². The fourth-order valence-electron chi connectivity index (χ4n) is 4.09. The smallest absolute Gasteiger partial charge is 0.289 e. The van der Waals surface area contributed by atoms with E-state index in [1.54, 1.807) is 12.1 Å². The Bertz CT molecular complexity index is 1380. The van der Waals surface area contributed by atoms with Gasteiger partial charge in [-0.2, -0.15) is 4.31 Å². The van der Waals surface area contributed by atoms with Gasteiger partial charge in [-0.15, -0.1) is 11.3 Å². The van der Waals surface area contributed by atoms with Gasteiger partial charge in [0, 0.05) is 30.6 Å². The van der Waals surface area contributed by atoms with Crippen LogP contribution in [0.15, 0.2) is 64.9 Å². The largest absolute Gasteiger partial charge is 0.377 e. The summed E-state index contributed by atoms with van der Waals surface area (Å²) in [5.41, 5.74) is 0.130. The number of halogens is 2. The molecule has 4 rings (SSSR count). The van der Waals surface area contributed by atoms with Crippen LogP contribution in [-0.2, 0) is 32.6 Å². The summed E-state index contributed by atoms with van der Waals surface area (Å²) in [6.07, 6.45) is 0.964. The number of benzene rings is 2. The maximum absolute atomic E-state index is 13.7. The Balaban J connectivity index is 1.64. The third-order valence-corrected chi connectivity index (χ3v) is 9.05. The second-order valence-electron chi connectivity index (χ2n) is 8.76.